The summed E-state index contributed by atoms with van der Waals surface area (Å²) in [5.41, 5.74) is 10.4. The summed E-state index contributed by atoms with van der Waals surface area (Å²) in [6, 6.07) is 10.6. The van der Waals surface area contributed by atoms with Crippen molar-refractivity contribution in [3.63, 3.8) is 0 Å². The van der Waals surface area contributed by atoms with E-state index in [0.29, 0.717) is 19.3 Å². The summed E-state index contributed by atoms with van der Waals surface area (Å²) in [5, 5.41) is 10.7. The Kier molecular flexibility index (Phi) is 12.4. The molecular formula is C42H59ClN4O3. The van der Waals surface area contributed by atoms with Crippen LogP contribution in [0, 0.1) is 10.8 Å². The molecule has 2 aliphatic carbocycles. The molecule has 3 N–H and O–H groups in total. The third-order valence-electron chi connectivity index (χ3n) is 9.85. The molecule has 1 aromatic heterocycles. The summed E-state index contributed by atoms with van der Waals surface area (Å²) in [6.07, 6.45) is 14.5. The molecular weight excluding hydrogens is 644 g/mol. The molecule has 1 atom stereocenters. The smallest absolute Gasteiger partial charge is 0.224 e. The molecule has 0 saturated heterocycles. The van der Waals surface area contributed by atoms with Crippen LogP contribution in [0.3, 0.4) is 0 Å². The number of benzene rings is 2. The molecule has 2 aromatic carbocycles. The van der Waals surface area contributed by atoms with E-state index in [9.17, 15) is 14.4 Å². The first-order chi connectivity index (χ1) is 23.7. The Morgan fingerprint density at radius 2 is 1.42 bits per heavy atom. The van der Waals surface area contributed by atoms with Gasteiger partial charge in [-0.1, -0.05) is 48.0 Å². The molecule has 1 fully saturated rings. The third kappa shape index (κ3) is 10.4. The van der Waals surface area contributed by atoms with Crippen molar-refractivity contribution in [1.82, 2.24) is 4.57 Å². The number of amides is 2. The van der Waals surface area contributed by atoms with Gasteiger partial charge in [0.1, 0.15) is 0 Å². The number of carbonyl (C=O) groups excluding carboxylic acids is 3. The van der Waals surface area contributed by atoms with Crippen molar-refractivity contribution < 1.29 is 14.4 Å². The fourth-order valence-corrected chi connectivity index (χ4v) is 7.92. The van der Waals surface area contributed by atoms with Crippen LogP contribution in [0.2, 0.25) is 0 Å². The number of halogens is 1. The highest BCUT2D eigenvalue weighted by Gasteiger charge is 2.25. The average Bonchev–Trinajstić information content (AvgIpc) is 3.36. The molecule has 50 heavy (non-hydrogen) atoms. The van der Waals surface area contributed by atoms with Gasteiger partial charge >= 0.3 is 0 Å². The standard InChI is InChI=1S/C21H28N2O.C15H22N2O.C6H9ClO/c1-21(2,3)13-19(24)22-15-11-14-7-6-10-23-18-9-5-4-8-16(18)17(12-15)20(14)23;1-15(2,3)10-14(18)17-12-6-7-13-11(9-12)5-4-8-16-13;7-5-3-1-2-4-6(5)8/h11-12H,4-10,13H2,1-3H3,(H,22,24);6-7,9,16H,4-5,8,10H2,1-3H3,(H,17,18);5H,1-4H2. The van der Waals surface area contributed by atoms with E-state index in [1.807, 2.05) is 6.07 Å². The topological polar surface area (TPSA) is 92.2 Å². The zero-order valence-corrected chi connectivity index (χ0v) is 32.1. The van der Waals surface area contributed by atoms with Gasteiger partial charge in [0, 0.05) is 60.5 Å². The van der Waals surface area contributed by atoms with Gasteiger partial charge in [-0.15, -0.1) is 11.6 Å². The van der Waals surface area contributed by atoms with Gasteiger partial charge in [0.05, 0.1) is 10.9 Å². The fraction of sp³-hybridized carbons (Fsp3) is 0.595. The van der Waals surface area contributed by atoms with Gasteiger partial charge in [0.25, 0.3) is 0 Å². The number of fused-ring (bicyclic) bond motifs is 4. The molecule has 4 aliphatic rings. The maximum absolute atomic E-state index is 12.4. The van der Waals surface area contributed by atoms with Crippen molar-refractivity contribution in [1.29, 1.82) is 0 Å². The number of aryl methyl sites for hydroxylation is 4. The summed E-state index contributed by atoms with van der Waals surface area (Å²) in [7, 11) is 0. The van der Waals surface area contributed by atoms with E-state index in [4.69, 9.17) is 11.6 Å². The number of ketones is 1. The Morgan fingerprint density at radius 1 is 0.780 bits per heavy atom. The van der Waals surface area contributed by atoms with Crippen molar-refractivity contribution in [2.24, 2.45) is 10.8 Å². The van der Waals surface area contributed by atoms with E-state index < -0.39 is 0 Å². The number of carbonyl (C=O) groups is 3. The number of hydrogen-bond acceptors (Lipinski definition) is 4. The Labute approximate surface area is 304 Å². The number of hydrogen-bond donors (Lipinski definition) is 3. The number of aromatic nitrogens is 1. The number of rotatable bonds is 4. The third-order valence-corrected chi connectivity index (χ3v) is 10.3. The number of nitrogens with one attached hydrogen (secondary N) is 3. The van der Waals surface area contributed by atoms with Gasteiger partial charge in [0.15, 0.2) is 5.78 Å². The minimum absolute atomic E-state index is 0.0188. The summed E-state index contributed by atoms with van der Waals surface area (Å²) in [6.45, 7) is 14.7. The number of alkyl halides is 1. The largest absolute Gasteiger partial charge is 0.385 e. The summed E-state index contributed by atoms with van der Waals surface area (Å²) < 4.78 is 2.57. The molecule has 3 heterocycles. The monoisotopic (exact) mass is 702 g/mol. The van der Waals surface area contributed by atoms with Gasteiger partial charge in [0.2, 0.25) is 11.8 Å². The maximum atomic E-state index is 12.4. The molecule has 8 heteroatoms. The van der Waals surface area contributed by atoms with E-state index in [0.717, 1.165) is 63.0 Å². The number of anilines is 3. The van der Waals surface area contributed by atoms with Gasteiger partial charge in [-0.25, -0.2) is 0 Å². The van der Waals surface area contributed by atoms with E-state index in [-0.39, 0.29) is 33.8 Å². The first kappa shape index (κ1) is 37.9. The van der Waals surface area contributed by atoms with Gasteiger partial charge in [-0.3, -0.25) is 14.4 Å². The summed E-state index contributed by atoms with van der Waals surface area (Å²) in [4.78, 5) is 34.9. The molecule has 272 valence electrons. The first-order valence-corrected chi connectivity index (χ1v) is 19.4. The van der Waals surface area contributed by atoms with Crippen LogP contribution in [0.15, 0.2) is 30.3 Å². The zero-order valence-electron chi connectivity index (χ0n) is 31.3. The molecule has 3 aromatic rings. The normalized spacial score (nSPS) is 18.3. The first-order valence-electron chi connectivity index (χ1n) is 19.0. The van der Waals surface area contributed by atoms with Crippen molar-refractivity contribution >= 4 is 57.2 Å². The van der Waals surface area contributed by atoms with Crippen molar-refractivity contribution in [2.45, 2.75) is 143 Å². The van der Waals surface area contributed by atoms with Crippen LogP contribution in [-0.2, 0) is 46.6 Å². The highest BCUT2D eigenvalue weighted by Crippen LogP contribution is 2.39. The van der Waals surface area contributed by atoms with E-state index in [1.54, 1.807) is 11.3 Å². The quantitative estimate of drug-likeness (QED) is 0.236. The van der Waals surface area contributed by atoms with Crippen LogP contribution in [0.4, 0.5) is 17.1 Å². The second-order valence-corrected chi connectivity index (χ2v) is 17.6. The van der Waals surface area contributed by atoms with Crippen LogP contribution >= 0.6 is 11.6 Å². The lowest BCUT2D eigenvalue weighted by Crippen LogP contribution is -2.20. The number of Topliss-reactive ketones (excluding diaryl/α,β-unsaturated/α-hetero) is 1. The summed E-state index contributed by atoms with van der Waals surface area (Å²) in [5.74, 6) is 0.447. The van der Waals surface area contributed by atoms with E-state index >= 15 is 0 Å². The highest BCUT2D eigenvalue weighted by atomic mass is 35.5. The maximum Gasteiger partial charge on any atom is 0.224 e. The lowest BCUT2D eigenvalue weighted by molar-refractivity contribution is -0.120. The Balaban J connectivity index is 0.000000164. The van der Waals surface area contributed by atoms with Crippen LogP contribution < -0.4 is 16.0 Å². The van der Waals surface area contributed by atoms with Crippen LogP contribution in [0.5, 0.6) is 0 Å². The molecule has 7 rings (SSSR count). The lowest BCUT2D eigenvalue weighted by Gasteiger charge is -2.20. The van der Waals surface area contributed by atoms with Crippen molar-refractivity contribution in [3.8, 4) is 0 Å². The zero-order chi connectivity index (χ0) is 36.1. The molecule has 2 amide bonds. The summed E-state index contributed by atoms with van der Waals surface area (Å²) >= 11 is 5.62. The molecule has 2 aliphatic heterocycles. The van der Waals surface area contributed by atoms with Crippen LogP contribution in [0.1, 0.15) is 128 Å². The number of nitrogens with zero attached hydrogens (tertiary/aromatic N) is 1. The second kappa shape index (κ2) is 16.4. The Hall–Kier alpha value is -3.32. The van der Waals surface area contributed by atoms with E-state index in [2.05, 4.69) is 86.3 Å². The minimum atomic E-state index is -0.163. The predicted molar refractivity (Wildman–Crippen MR) is 209 cm³/mol. The molecule has 1 unspecified atom stereocenters. The molecule has 1 saturated carbocycles. The SMILES string of the molecule is CC(C)(C)CC(=O)Nc1cc2c3c(c1)c1c(n3CCC2)CCCC1.CC(C)(C)CC(=O)Nc1ccc2c(c1)CCCN2.O=C1CCCCC1Cl. The van der Waals surface area contributed by atoms with Gasteiger partial charge < -0.3 is 20.5 Å². The average molecular weight is 703 g/mol. The Morgan fingerprint density at radius 3 is 2.08 bits per heavy atom. The highest BCUT2D eigenvalue weighted by molar-refractivity contribution is 6.31. The van der Waals surface area contributed by atoms with Crippen molar-refractivity contribution in [3.05, 3.63) is 52.7 Å². The molecule has 0 radical (unpaired) electrons. The fourth-order valence-electron chi connectivity index (χ4n) is 7.66. The predicted octanol–water partition coefficient (Wildman–Crippen LogP) is 10.00. The van der Waals surface area contributed by atoms with Gasteiger partial charge in [-0.2, -0.15) is 0 Å². The molecule has 0 bridgehead atoms. The second-order valence-electron chi connectivity index (χ2n) is 17.1. The van der Waals surface area contributed by atoms with Crippen LogP contribution in [-0.4, -0.2) is 34.1 Å². The van der Waals surface area contributed by atoms with E-state index in [1.165, 1.54) is 59.8 Å². The van der Waals surface area contributed by atoms with Crippen molar-refractivity contribution in [2.75, 3.05) is 22.5 Å². The lowest BCUT2D eigenvalue weighted by atomic mass is 9.92. The Bertz CT molecular complexity index is 1690. The van der Waals surface area contributed by atoms with Gasteiger partial charge in [-0.05, 0) is 122 Å². The molecule has 7 nitrogen and oxygen atoms in total. The molecule has 0 spiro atoms. The van der Waals surface area contributed by atoms with Crippen LogP contribution in [0.25, 0.3) is 10.9 Å². The minimum Gasteiger partial charge on any atom is -0.385 e.